The number of ether oxygens (including phenoxy) is 1. The second kappa shape index (κ2) is 20.9. The third-order valence-corrected chi connectivity index (χ3v) is 16.1. The van der Waals surface area contributed by atoms with Crippen LogP contribution in [0.25, 0.3) is 33.2 Å². The number of nitrogens with zero attached hydrogens (tertiary/aromatic N) is 9. The Balaban J connectivity index is 0.675. The summed E-state index contributed by atoms with van der Waals surface area (Å²) in [6.07, 6.45) is 7.71. The van der Waals surface area contributed by atoms with Gasteiger partial charge in [-0.15, -0.1) is 0 Å². The molecule has 6 aromatic rings. The van der Waals surface area contributed by atoms with Crippen molar-refractivity contribution in [2.45, 2.75) is 109 Å². The minimum Gasteiger partial charge on any atom is -0.444 e. The lowest BCUT2D eigenvalue weighted by Crippen LogP contribution is -2.53. The number of fused-ring (bicyclic) bond motifs is 2. The van der Waals surface area contributed by atoms with Crippen LogP contribution in [0, 0.1) is 5.92 Å². The number of benzene rings is 2. The molecule has 4 saturated heterocycles. The number of imidazole rings is 1. The predicted molar refractivity (Wildman–Crippen MR) is 286 cm³/mol. The zero-order valence-corrected chi connectivity index (χ0v) is 44.0. The first-order valence-corrected chi connectivity index (χ1v) is 26.5. The maximum absolute atomic E-state index is 13.8. The topological polar surface area (TPSA) is 172 Å². The van der Waals surface area contributed by atoms with Crippen LogP contribution >= 0.6 is 0 Å². The van der Waals surface area contributed by atoms with Crippen molar-refractivity contribution in [3.8, 4) is 11.1 Å². The summed E-state index contributed by atoms with van der Waals surface area (Å²) in [4.78, 5) is 82.8. The van der Waals surface area contributed by atoms with E-state index in [-0.39, 0.29) is 30.0 Å². The maximum Gasteiger partial charge on any atom is 0.413 e. The lowest BCUT2D eigenvalue weighted by molar-refractivity contribution is -0.135. The number of amides is 4. The van der Waals surface area contributed by atoms with E-state index in [0.29, 0.717) is 35.6 Å². The zero-order valence-electron chi connectivity index (χ0n) is 44.0. The summed E-state index contributed by atoms with van der Waals surface area (Å²) in [6.45, 7) is 18.3. The minimum absolute atomic E-state index is 0.127. The smallest absolute Gasteiger partial charge is 0.413 e. The summed E-state index contributed by atoms with van der Waals surface area (Å²) in [5.41, 5.74) is 7.93. The molecule has 4 aromatic heterocycles. The molecule has 390 valence electrons. The molecule has 0 bridgehead atoms. The van der Waals surface area contributed by atoms with Crippen molar-refractivity contribution in [2.24, 2.45) is 20.0 Å². The first-order valence-electron chi connectivity index (χ1n) is 26.5. The SMILES string of the molecule is C[C@H]1CN(Cc2ccc3c(c2)n(C)c(=O)n3C2CCC(=O)NC2=O)CCN1CC1CCN(C(=O)c2ccc(C3CCN([C@@H](C)c4cc5c(-c6ccc(NC(=O)OC(C)(C)C)nc6)ccnc5n4C)CC3)cc2)CC1. The van der Waals surface area contributed by atoms with Gasteiger partial charge < -0.3 is 14.2 Å². The molecule has 0 aliphatic carbocycles. The number of hydrogen-bond acceptors (Lipinski definition) is 11. The highest BCUT2D eigenvalue weighted by atomic mass is 16.6. The van der Waals surface area contributed by atoms with E-state index >= 15 is 0 Å². The third kappa shape index (κ3) is 10.6. The lowest BCUT2D eigenvalue weighted by Gasteiger charge is -2.42. The van der Waals surface area contributed by atoms with Crippen LogP contribution in [0.3, 0.4) is 0 Å². The Morgan fingerprint density at radius 2 is 1.59 bits per heavy atom. The molecule has 17 nitrogen and oxygen atoms in total. The average molecular weight is 1010 g/mol. The van der Waals surface area contributed by atoms with Gasteiger partial charge in [0.2, 0.25) is 11.8 Å². The van der Waals surface area contributed by atoms with Crippen molar-refractivity contribution in [3.05, 3.63) is 112 Å². The van der Waals surface area contributed by atoms with Crippen molar-refractivity contribution < 1.29 is 23.9 Å². The summed E-state index contributed by atoms with van der Waals surface area (Å²) in [5, 5.41) is 6.16. The third-order valence-electron chi connectivity index (χ3n) is 16.1. The number of carbonyl (C=O) groups is 4. The van der Waals surface area contributed by atoms with E-state index < -0.39 is 23.6 Å². The van der Waals surface area contributed by atoms with E-state index in [2.05, 4.69) is 86.1 Å². The molecule has 4 amide bonds. The van der Waals surface area contributed by atoms with Crippen molar-refractivity contribution >= 4 is 51.7 Å². The molecule has 1 unspecified atom stereocenters. The maximum atomic E-state index is 13.8. The second-order valence-corrected chi connectivity index (χ2v) is 22.2. The van der Waals surface area contributed by atoms with E-state index in [9.17, 15) is 24.0 Å². The molecule has 74 heavy (non-hydrogen) atoms. The van der Waals surface area contributed by atoms with E-state index in [1.54, 1.807) is 23.9 Å². The number of rotatable bonds is 11. The Hall–Kier alpha value is -6.69. The molecule has 0 saturated carbocycles. The van der Waals surface area contributed by atoms with Gasteiger partial charge in [0.25, 0.3) is 5.91 Å². The number of pyridine rings is 2. The van der Waals surface area contributed by atoms with Gasteiger partial charge in [-0.3, -0.25) is 48.9 Å². The van der Waals surface area contributed by atoms with Crippen LogP contribution < -0.4 is 16.3 Å². The van der Waals surface area contributed by atoms with Crippen LogP contribution in [0.5, 0.6) is 0 Å². The fourth-order valence-electron chi connectivity index (χ4n) is 11.9. The van der Waals surface area contributed by atoms with Crippen LogP contribution in [0.2, 0.25) is 0 Å². The molecule has 4 aliphatic rings. The molecule has 3 atom stereocenters. The average Bonchev–Trinajstić information content (AvgIpc) is 3.85. The highest BCUT2D eigenvalue weighted by molar-refractivity contribution is 6.00. The van der Waals surface area contributed by atoms with E-state index in [4.69, 9.17) is 9.72 Å². The number of likely N-dealkylation sites (tertiary alicyclic amines) is 2. The minimum atomic E-state index is -0.693. The molecular weight excluding hydrogens is 935 g/mol. The molecule has 17 heteroatoms. The first-order chi connectivity index (χ1) is 35.5. The summed E-state index contributed by atoms with van der Waals surface area (Å²) in [6, 6.07) is 22.4. The van der Waals surface area contributed by atoms with Crippen molar-refractivity contribution in [1.29, 1.82) is 0 Å². The Bertz CT molecular complexity index is 3120. The number of anilines is 1. The van der Waals surface area contributed by atoms with E-state index in [1.807, 2.05) is 62.2 Å². The summed E-state index contributed by atoms with van der Waals surface area (Å²) >= 11 is 0. The fourth-order valence-corrected chi connectivity index (χ4v) is 11.9. The molecule has 2 aromatic carbocycles. The van der Waals surface area contributed by atoms with Crippen LogP contribution in [-0.2, 0) is 35.0 Å². The van der Waals surface area contributed by atoms with Gasteiger partial charge in [-0.25, -0.2) is 19.6 Å². The highest BCUT2D eigenvalue weighted by Crippen LogP contribution is 2.37. The van der Waals surface area contributed by atoms with Crippen LogP contribution in [0.15, 0.2) is 83.9 Å². The van der Waals surface area contributed by atoms with Gasteiger partial charge in [0.1, 0.15) is 23.1 Å². The quantitative estimate of drug-likeness (QED) is 0.122. The number of aromatic nitrogens is 5. The second-order valence-electron chi connectivity index (χ2n) is 22.2. The van der Waals surface area contributed by atoms with Crippen molar-refractivity contribution in [1.82, 2.24) is 48.6 Å². The number of carbonyl (C=O) groups excluding carboxylic acids is 4. The lowest BCUT2D eigenvalue weighted by atomic mass is 9.88. The highest BCUT2D eigenvalue weighted by Gasteiger charge is 2.33. The number of hydrogen-bond donors (Lipinski definition) is 2. The van der Waals surface area contributed by atoms with Crippen LogP contribution in [0.4, 0.5) is 10.6 Å². The van der Waals surface area contributed by atoms with Crippen LogP contribution in [-0.4, -0.2) is 131 Å². The predicted octanol–water partition coefficient (Wildman–Crippen LogP) is 7.61. The molecule has 4 aliphatic heterocycles. The molecule has 10 rings (SSSR count). The van der Waals surface area contributed by atoms with Crippen LogP contribution in [0.1, 0.15) is 118 Å². The van der Waals surface area contributed by atoms with Gasteiger partial charge in [-0.1, -0.05) is 18.2 Å². The van der Waals surface area contributed by atoms with Crippen molar-refractivity contribution in [2.75, 3.05) is 57.7 Å². The molecule has 2 N–H and O–H groups in total. The zero-order chi connectivity index (χ0) is 52.0. The molecule has 4 fully saturated rings. The summed E-state index contributed by atoms with van der Waals surface area (Å²) in [7, 11) is 3.83. The number of nitrogens with one attached hydrogen (secondary N) is 2. The number of imide groups is 1. The normalized spacial score (nSPS) is 20.6. The number of piperazine rings is 1. The molecule has 0 spiro atoms. The standard InChI is InChI=1S/C57H71N11O6/c1-36-33-64(34-39-8-14-46-49(30-39)63(7)56(73)68(46)47-15-17-51(69)61-53(47)70)28-29-67(36)35-38-19-24-66(25-20-38)54(71)42-11-9-40(10-12-42)41-21-26-65(27-22-41)37(2)48-31-45-44(18-23-58-52(45)62(48)6)43-13-16-50(59-32-43)60-55(72)74-57(3,4)5/h8-14,16,18,23,30-32,36-38,41,47H,15,17,19-22,24-29,33-35H2,1-7H3,(H,59,60,72)(H,61,69,70)/t36-,37-,47?/m0/s1. The van der Waals surface area contributed by atoms with Gasteiger partial charge in [0, 0.05) is 113 Å². The van der Waals surface area contributed by atoms with Gasteiger partial charge >= 0.3 is 11.8 Å². The Morgan fingerprint density at radius 3 is 2.28 bits per heavy atom. The largest absolute Gasteiger partial charge is 0.444 e. The summed E-state index contributed by atoms with van der Waals surface area (Å²) < 4.78 is 10.7. The Morgan fingerprint density at radius 1 is 0.838 bits per heavy atom. The monoisotopic (exact) mass is 1010 g/mol. The fraction of sp³-hybridized carbons (Fsp3) is 0.491. The van der Waals surface area contributed by atoms with E-state index in [1.165, 1.54) is 15.8 Å². The van der Waals surface area contributed by atoms with Gasteiger partial charge in [0.05, 0.1) is 11.0 Å². The van der Waals surface area contributed by atoms with E-state index in [0.717, 1.165) is 123 Å². The molecule has 0 radical (unpaired) electrons. The van der Waals surface area contributed by atoms with Gasteiger partial charge in [-0.05, 0) is 157 Å². The first kappa shape index (κ1) is 50.8. The number of aryl methyl sites for hydroxylation is 2. The Kier molecular flexibility index (Phi) is 14.4. The number of piperidine rings is 3. The summed E-state index contributed by atoms with van der Waals surface area (Å²) in [5.74, 6) is 0.824. The van der Waals surface area contributed by atoms with Crippen molar-refractivity contribution in [3.63, 3.8) is 0 Å². The molecule has 8 heterocycles. The van der Waals surface area contributed by atoms with Gasteiger partial charge in [-0.2, -0.15) is 0 Å². The Labute approximate surface area is 432 Å². The van der Waals surface area contributed by atoms with Gasteiger partial charge in [0.15, 0.2) is 0 Å². The molecular formula is C57H71N11O6.